The molecule has 2 amide bonds. The third-order valence-electron chi connectivity index (χ3n) is 3.58. The SMILES string of the molecule is COc1cc(/C=N/NC(=O)c2ccc(C(=O)NO)cc2)cc(OC)c1OC. The number of carbonyl (C=O) groups excluding carboxylic acids is 2. The van der Waals surface area contributed by atoms with E-state index in [4.69, 9.17) is 19.4 Å². The van der Waals surface area contributed by atoms with Gasteiger partial charge in [0.1, 0.15) is 0 Å². The van der Waals surface area contributed by atoms with Crippen LogP contribution in [0.4, 0.5) is 0 Å². The molecule has 0 heterocycles. The molecule has 0 radical (unpaired) electrons. The number of hydrogen-bond acceptors (Lipinski definition) is 7. The van der Waals surface area contributed by atoms with E-state index in [0.29, 0.717) is 28.4 Å². The lowest BCUT2D eigenvalue weighted by Gasteiger charge is -2.12. The zero-order valence-corrected chi connectivity index (χ0v) is 15.0. The van der Waals surface area contributed by atoms with Crippen LogP contribution >= 0.6 is 0 Å². The van der Waals surface area contributed by atoms with Crippen molar-refractivity contribution in [2.45, 2.75) is 0 Å². The minimum atomic E-state index is -0.664. The summed E-state index contributed by atoms with van der Waals surface area (Å²) in [5.41, 5.74) is 5.04. The predicted molar refractivity (Wildman–Crippen MR) is 96.9 cm³/mol. The summed E-state index contributed by atoms with van der Waals surface area (Å²) >= 11 is 0. The third-order valence-corrected chi connectivity index (χ3v) is 3.58. The highest BCUT2D eigenvalue weighted by Crippen LogP contribution is 2.37. The maximum absolute atomic E-state index is 12.1. The van der Waals surface area contributed by atoms with E-state index in [1.807, 2.05) is 0 Å². The molecule has 0 aliphatic heterocycles. The average Bonchev–Trinajstić information content (AvgIpc) is 2.72. The number of nitrogens with zero attached hydrogens (tertiary/aromatic N) is 1. The van der Waals surface area contributed by atoms with E-state index in [1.165, 1.54) is 57.3 Å². The van der Waals surface area contributed by atoms with Crippen molar-refractivity contribution in [3.8, 4) is 17.2 Å². The number of methoxy groups -OCH3 is 3. The molecule has 142 valence electrons. The fourth-order valence-corrected chi connectivity index (χ4v) is 2.24. The van der Waals surface area contributed by atoms with E-state index < -0.39 is 11.8 Å². The lowest BCUT2D eigenvalue weighted by atomic mass is 10.1. The number of rotatable bonds is 7. The van der Waals surface area contributed by atoms with Crippen molar-refractivity contribution < 1.29 is 29.0 Å². The number of amides is 2. The molecule has 2 rings (SSSR count). The summed E-state index contributed by atoms with van der Waals surface area (Å²) in [6, 6.07) is 9.05. The lowest BCUT2D eigenvalue weighted by Crippen LogP contribution is -2.20. The largest absolute Gasteiger partial charge is 0.493 e. The Hall–Kier alpha value is -3.59. The Bertz CT molecular complexity index is 824. The Morgan fingerprint density at radius 3 is 1.89 bits per heavy atom. The number of nitrogens with one attached hydrogen (secondary N) is 2. The smallest absolute Gasteiger partial charge is 0.274 e. The third kappa shape index (κ3) is 4.73. The molecule has 0 aromatic heterocycles. The van der Waals surface area contributed by atoms with Gasteiger partial charge in [-0.25, -0.2) is 10.9 Å². The van der Waals surface area contributed by atoms with Crippen LogP contribution in [0.3, 0.4) is 0 Å². The molecule has 0 aliphatic carbocycles. The zero-order chi connectivity index (χ0) is 19.8. The van der Waals surface area contributed by atoms with Crippen molar-refractivity contribution in [1.82, 2.24) is 10.9 Å². The van der Waals surface area contributed by atoms with Crippen LogP contribution in [0.5, 0.6) is 17.2 Å². The molecule has 0 unspecified atom stereocenters. The van der Waals surface area contributed by atoms with Crippen LogP contribution in [0.15, 0.2) is 41.5 Å². The number of carbonyl (C=O) groups is 2. The zero-order valence-electron chi connectivity index (χ0n) is 15.0. The Kier molecular flexibility index (Phi) is 6.73. The summed E-state index contributed by atoms with van der Waals surface area (Å²) in [5, 5.41) is 12.5. The normalized spacial score (nSPS) is 10.4. The van der Waals surface area contributed by atoms with Crippen LogP contribution in [-0.4, -0.2) is 44.6 Å². The fourth-order valence-electron chi connectivity index (χ4n) is 2.24. The summed E-state index contributed by atoms with van der Waals surface area (Å²) < 4.78 is 15.7. The van der Waals surface area contributed by atoms with Crippen molar-refractivity contribution in [3.63, 3.8) is 0 Å². The second kappa shape index (κ2) is 9.20. The van der Waals surface area contributed by atoms with Gasteiger partial charge in [0.2, 0.25) is 5.75 Å². The summed E-state index contributed by atoms with van der Waals surface area (Å²) in [6.45, 7) is 0. The number of hydroxylamine groups is 1. The number of hydrogen-bond donors (Lipinski definition) is 3. The maximum atomic E-state index is 12.1. The summed E-state index contributed by atoms with van der Waals surface area (Å²) in [4.78, 5) is 23.3. The second-order valence-electron chi connectivity index (χ2n) is 5.18. The molecule has 9 heteroatoms. The van der Waals surface area contributed by atoms with Gasteiger partial charge in [0.25, 0.3) is 11.8 Å². The first-order valence-electron chi connectivity index (χ1n) is 7.72. The van der Waals surface area contributed by atoms with Crippen LogP contribution in [0.2, 0.25) is 0 Å². The highest BCUT2D eigenvalue weighted by molar-refractivity contribution is 5.97. The van der Waals surface area contributed by atoms with Gasteiger partial charge in [-0.3, -0.25) is 14.8 Å². The molecule has 0 saturated heterocycles. The molecule has 0 spiro atoms. The van der Waals surface area contributed by atoms with E-state index >= 15 is 0 Å². The minimum Gasteiger partial charge on any atom is -0.493 e. The summed E-state index contributed by atoms with van der Waals surface area (Å²) in [6.07, 6.45) is 1.43. The Morgan fingerprint density at radius 2 is 1.44 bits per heavy atom. The topological polar surface area (TPSA) is 118 Å². The van der Waals surface area contributed by atoms with E-state index in [-0.39, 0.29) is 5.56 Å². The monoisotopic (exact) mass is 373 g/mol. The van der Waals surface area contributed by atoms with Gasteiger partial charge in [0.15, 0.2) is 11.5 Å². The van der Waals surface area contributed by atoms with E-state index in [0.717, 1.165) is 0 Å². The molecular weight excluding hydrogens is 354 g/mol. The summed E-state index contributed by atoms with van der Waals surface area (Å²) in [7, 11) is 4.51. The van der Waals surface area contributed by atoms with Crippen LogP contribution in [0.1, 0.15) is 26.3 Å². The quantitative estimate of drug-likeness (QED) is 0.385. The Balaban J connectivity index is 2.10. The molecule has 27 heavy (non-hydrogen) atoms. The molecule has 0 fully saturated rings. The standard InChI is InChI=1S/C18H19N3O6/c1-25-14-8-11(9-15(26-2)16(14)27-3)10-19-20-17(22)12-4-6-13(7-5-12)18(23)21-24/h4-10,24H,1-3H3,(H,20,22)(H,21,23)/b19-10+. The molecule has 0 atom stereocenters. The molecule has 0 saturated carbocycles. The van der Waals surface area contributed by atoms with Gasteiger partial charge >= 0.3 is 0 Å². The molecule has 3 N–H and O–H groups in total. The van der Waals surface area contributed by atoms with Gasteiger partial charge < -0.3 is 14.2 Å². The van der Waals surface area contributed by atoms with Crippen molar-refractivity contribution >= 4 is 18.0 Å². The number of benzene rings is 2. The minimum absolute atomic E-state index is 0.218. The number of hydrazone groups is 1. The first-order valence-corrected chi connectivity index (χ1v) is 7.72. The van der Waals surface area contributed by atoms with Gasteiger partial charge in [-0.15, -0.1) is 0 Å². The van der Waals surface area contributed by atoms with Crippen LogP contribution in [-0.2, 0) is 0 Å². The van der Waals surface area contributed by atoms with Gasteiger partial charge in [-0.1, -0.05) is 0 Å². The molecule has 0 bridgehead atoms. The van der Waals surface area contributed by atoms with Gasteiger partial charge in [0, 0.05) is 16.7 Å². The predicted octanol–water partition coefficient (Wildman–Crippen LogP) is 1.60. The molecule has 2 aromatic rings. The van der Waals surface area contributed by atoms with E-state index in [9.17, 15) is 9.59 Å². The average molecular weight is 373 g/mol. The van der Waals surface area contributed by atoms with Gasteiger partial charge in [-0.2, -0.15) is 5.10 Å². The molecule has 0 aliphatic rings. The highest BCUT2D eigenvalue weighted by atomic mass is 16.5. The maximum Gasteiger partial charge on any atom is 0.274 e. The van der Waals surface area contributed by atoms with Crippen molar-refractivity contribution in [2.24, 2.45) is 5.10 Å². The first kappa shape index (κ1) is 19.7. The lowest BCUT2D eigenvalue weighted by molar-refractivity contribution is 0.0706. The van der Waals surface area contributed by atoms with Crippen LogP contribution < -0.4 is 25.1 Å². The van der Waals surface area contributed by atoms with Crippen molar-refractivity contribution in [1.29, 1.82) is 0 Å². The summed E-state index contributed by atoms with van der Waals surface area (Å²) in [5.74, 6) is 0.245. The van der Waals surface area contributed by atoms with Crippen LogP contribution in [0.25, 0.3) is 0 Å². The van der Waals surface area contributed by atoms with Crippen LogP contribution in [0, 0.1) is 0 Å². The molecular formula is C18H19N3O6. The first-order chi connectivity index (χ1) is 13.0. The van der Waals surface area contributed by atoms with Gasteiger partial charge in [0.05, 0.1) is 27.5 Å². The highest BCUT2D eigenvalue weighted by Gasteiger charge is 2.12. The van der Waals surface area contributed by atoms with Gasteiger partial charge in [-0.05, 0) is 36.4 Å². The second-order valence-corrected chi connectivity index (χ2v) is 5.18. The Morgan fingerprint density at radius 1 is 0.926 bits per heavy atom. The molecule has 9 nitrogen and oxygen atoms in total. The fraction of sp³-hybridized carbons (Fsp3) is 0.167. The van der Waals surface area contributed by atoms with Crippen molar-refractivity contribution in [3.05, 3.63) is 53.1 Å². The molecule has 2 aromatic carbocycles. The Labute approximate surface area is 155 Å². The van der Waals surface area contributed by atoms with Crippen molar-refractivity contribution in [2.75, 3.05) is 21.3 Å². The van der Waals surface area contributed by atoms with E-state index in [2.05, 4.69) is 10.5 Å². The number of ether oxygens (including phenoxy) is 3. The van der Waals surface area contributed by atoms with E-state index in [1.54, 1.807) is 12.1 Å².